The maximum Gasteiger partial charge on any atom is 0.503 e. The van der Waals surface area contributed by atoms with Crippen molar-refractivity contribution in [3.05, 3.63) is 12.2 Å². The van der Waals surface area contributed by atoms with Crippen LogP contribution in [0.25, 0.3) is 0 Å². The quantitative estimate of drug-likeness (QED) is 0.674. The molecule has 0 aromatic carbocycles. The Bertz CT molecular complexity index is 215. The van der Waals surface area contributed by atoms with Gasteiger partial charge in [0.2, 0.25) is 0 Å². The van der Waals surface area contributed by atoms with Crippen LogP contribution in [0.2, 0.25) is 0 Å². The van der Waals surface area contributed by atoms with E-state index in [0.717, 1.165) is 12.5 Å². The molecular formula is C8H12F2O3. The molecule has 1 aliphatic carbocycles. The molecule has 0 amide bonds. The highest BCUT2D eigenvalue weighted by atomic mass is 19.3. The average Bonchev–Trinajstić information content (AvgIpc) is 2.34. The first-order valence-corrected chi connectivity index (χ1v) is 3.70. The van der Waals surface area contributed by atoms with E-state index in [1.54, 1.807) is 0 Å². The Balaban J connectivity index is 0.000000310. The molecule has 1 aliphatic rings. The van der Waals surface area contributed by atoms with E-state index >= 15 is 0 Å². The average molecular weight is 194 g/mol. The van der Waals surface area contributed by atoms with Gasteiger partial charge < -0.3 is 10.2 Å². The first-order valence-electron chi connectivity index (χ1n) is 3.70. The van der Waals surface area contributed by atoms with E-state index in [4.69, 9.17) is 15.0 Å². The maximum absolute atomic E-state index is 11.5. The van der Waals surface area contributed by atoms with Gasteiger partial charge in [-0.1, -0.05) is 13.8 Å². The summed E-state index contributed by atoms with van der Waals surface area (Å²) < 4.78 is 23.1. The van der Waals surface area contributed by atoms with Crippen molar-refractivity contribution in [2.75, 3.05) is 0 Å². The molecule has 3 nitrogen and oxygen atoms in total. The lowest BCUT2D eigenvalue weighted by Gasteiger charge is -1.94. The third kappa shape index (κ3) is 6.07. The zero-order chi connectivity index (χ0) is 10.6. The highest BCUT2D eigenvalue weighted by Crippen LogP contribution is 2.52. The molecule has 0 bridgehead atoms. The molecule has 0 aromatic heterocycles. The molecule has 0 saturated heterocycles. The van der Waals surface area contributed by atoms with Gasteiger partial charge in [0.05, 0.1) is 0 Å². The van der Waals surface area contributed by atoms with E-state index < -0.39 is 12.2 Å². The van der Waals surface area contributed by atoms with Crippen molar-refractivity contribution in [1.29, 1.82) is 0 Å². The highest BCUT2D eigenvalue weighted by molar-refractivity contribution is 5.53. The summed E-state index contributed by atoms with van der Waals surface area (Å²) in [5.74, 6) is 0.127. The second kappa shape index (κ2) is 4.20. The third-order valence-electron chi connectivity index (χ3n) is 1.92. The molecule has 0 radical (unpaired) electrons. The summed E-state index contributed by atoms with van der Waals surface area (Å²) in [5.41, 5.74) is 0.142. The van der Waals surface area contributed by atoms with Crippen molar-refractivity contribution in [1.82, 2.24) is 0 Å². The van der Waals surface area contributed by atoms with Gasteiger partial charge in [0.25, 0.3) is 6.08 Å². The molecule has 2 N–H and O–H groups in total. The van der Waals surface area contributed by atoms with Crippen molar-refractivity contribution >= 4 is 6.16 Å². The van der Waals surface area contributed by atoms with Crippen LogP contribution in [0.4, 0.5) is 13.6 Å². The minimum Gasteiger partial charge on any atom is -0.450 e. The van der Waals surface area contributed by atoms with Gasteiger partial charge in [-0.3, -0.25) is 0 Å². The van der Waals surface area contributed by atoms with Gasteiger partial charge in [0.15, 0.2) is 0 Å². The monoisotopic (exact) mass is 194 g/mol. The van der Waals surface area contributed by atoms with Gasteiger partial charge in [-0.25, -0.2) is 4.79 Å². The molecule has 0 aromatic rings. The molecule has 0 spiro atoms. The number of rotatable bonds is 1. The van der Waals surface area contributed by atoms with E-state index in [-0.39, 0.29) is 11.3 Å². The van der Waals surface area contributed by atoms with Crippen LogP contribution in [-0.2, 0) is 0 Å². The normalized spacial score (nSPS) is 22.3. The summed E-state index contributed by atoms with van der Waals surface area (Å²) >= 11 is 0. The SMILES string of the molecule is CC1(C)CC1C=C(F)F.O=C(O)O. The first-order chi connectivity index (χ1) is 5.75. The number of hydrogen-bond acceptors (Lipinski definition) is 1. The summed E-state index contributed by atoms with van der Waals surface area (Å²) in [5, 5.41) is 13.9. The Labute approximate surface area is 74.7 Å². The van der Waals surface area contributed by atoms with E-state index in [0.29, 0.717) is 0 Å². The predicted molar refractivity (Wildman–Crippen MR) is 42.8 cm³/mol. The Morgan fingerprint density at radius 2 is 1.77 bits per heavy atom. The Hall–Kier alpha value is -1.13. The molecular weight excluding hydrogens is 182 g/mol. The lowest BCUT2D eigenvalue weighted by Crippen LogP contribution is -1.85. The Morgan fingerprint density at radius 1 is 1.46 bits per heavy atom. The fourth-order valence-electron chi connectivity index (χ4n) is 0.944. The second-order valence-corrected chi connectivity index (χ2v) is 3.54. The molecule has 1 fully saturated rings. The van der Waals surface area contributed by atoms with Crippen LogP contribution in [-0.4, -0.2) is 16.4 Å². The summed E-state index contributed by atoms with van der Waals surface area (Å²) in [4.78, 5) is 8.56. The summed E-state index contributed by atoms with van der Waals surface area (Å²) in [6.45, 7) is 3.99. The smallest absolute Gasteiger partial charge is 0.450 e. The van der Waals surface area contributed by atoms with Gasteiger partial charge in [-0.2, -0.15) is 8.78 Å². The molecule has 1 unspecified atom stereocenters. The number of carbonyl (C=O) groups is 1. The number of carboxylic acid groups (broad SMARTS) is 2. The van der Waals surface area contributed by atoms with Gasteiger partial charge in [-0.05, 0) is 23.8 Å². The molecule has 76 valence electrons. The predicted octanol–water partition coefficient (Wildman–Crippen LogP) is 3.04. The van der Waals surface area contributed by atoms with Crippen LogP contribution in [0, 0.1) is 11.3 Å². The fraction of sp³-hybridized carbons (Fsp3) is 0.625. The molecule has 1 atom stereocenters. The van der Waals surface area contributed by atoms with Crippen molar-refractivity contribution in [2.24, 2.45) is 11.3 Å². The van der Waals surface area contributed by atoms with Crippen LogP contribution in [0.1, 0.15) is 20.3 Å². The molecule has 13 heavy (non-hydrogen) atoms. The zero-order valence-corrected chi connectivity index (χ0v) is 7.42. The zero-order valence-electron chi connectivity index (χ0n) is 7.42. The van der Waals surface area contributed by atoms with Crippen LogP contribution < -0.4 is 0 Å². The van der Waals surface area contributed by atoms with E-state index in [1.165, 1.54) is 0 Å². The number of hydrogen-bond donors (Lipinski definition) is 2. The molecule has 0 aliphatic heterocycles. The summed E-state index contributed by atoms with van der Waals surface area (Å²) in [6.07, 6.45) is -1.41. The van der Waals surface area contributed by atoms with Crippen LogP contribution in [0.5, 0.6) is 0 Å². The first kappa shape index (κ1) is 11.9. The van der Waals surface area contributed by atoms with Crippen LogP contribution >= 0.6 is 0 Å². The minimum absolute atomic E-state index is 0.127. The van der Waals surface area contributed by atoms with E-state index in [1.807, 2.05) is 13.8 Å². The van der Waals surface area contributed by atoms with Crippen LogP contribution in [0.15, 0.2) is 12.2 Å². The largest absolute Gasteiger partial charge is 0.503 e. The van der Waals surface area contributed by atoms with Gasteiger partial charge >= 0.3 is 6.16 Å². The molecule has 1 saturated carbocycles. The number of allylic oxidation sites excluding steroid dienone is 1. The maximum atomic E-state index is 11.5. The minimum atomic E-state index is -1.83. The van der Waals surface area contributed by atoms with Gasteiger partial charge in [0.1, 0.15) is 0 Å². The van der Waals surface area contributed by atoms with Crippen LogP contribution in [0.3, 0.4) is 0 Å². The van der Waals surface area contributed by atoms with Crippen molar-refractivity contribution < 1.29 is 23.8 Å². The molecule has 5 heteroatoms. The van der Waals surface area contributed by atoms with Crippen molar-refractivity contribution in [2.45, 2.75) is 20.3 Å². The molecule has 0 heterocycles. The molecule has 1 rings (SSSR count). The Kier molecular flexibility index (Phi) is 3.84. The number of halogens is 2. The van der Waals surface area contributed by atoms with E-state index in [2.05, 4.69) is 0 Å². The standard InChI is InChI=1S/C7H10F2.CH2O3/c1-7(2)4-5(7)3-6(8)9;2-1(3)4/h3,5H,4H2,1-2H3;(H2,2,3,4). The fourth-order valence-corrected chi connectivity index (χ4v) is 0.944. The van der Waals surface area contributed by atoms with Crippen molar-refractivity contribution in [3.8, 4) is 0 Å². The third-order valence-corrected chi connectivity index (χ3v) is 1.92. The lowest BCUT2D eigenvalue weighted by atomic mass is 10.1. The van der Waals surface area contributed by atoms with Gasteiger partial charge in [0, 0.05) is 0 Å². The van der Waals surface area contributed by atoms with E-state index in [9.17, 15) is 8.78 Å². The summed E-state index contributed by atoms with van der Waals surface area (Å²) in [7, 11) is 0. The van der Waals surface area contributed by atoms with Gasteiger partial charge in [-0.15, -0.1) is 0 Å². The lowest BCUT2D eigenvalue weighted by molar-refractivity contribution is 0.137. The second-order valence-electron chi connectivity index (χ2n) is 3.54. The topological polar surface area (TPSA) is 57.5 Å². The highest BCUT2D eigenvalue weighted by Gasteiger charge is 2.44. The van der Waals surface area contributed by atoms with Crippen molar-refractivity contribution in [3.63, 3.8) is 0 Å². The Morgan fingerprint density at radius 3 is 1.85 bits per heavy atom. The summed E-state index contributed by atoms with van der Waals surface area (Å²) in [6, 6.07) is 0.